The average Bonchev–Trinajstić information content (AvgIpc) is 2.73. The lowest BCUT2D eigenvalue weighted by Gasteiger charge is -2.07. The van der Waals surface area contributed by atoms with Gasteiger partial charge in [0, 0.05) is 23.8 Å². The zero-order chi connectivity index (χ0) is 13.2. The van der Waals surface area contributed by atoms with E-state index in [4.69, 9.17) is 5.73 Å². The van der Waals surface area contributed by atoms with E-state index in [0.717, 1.165) is 8.66 Å². The molecule has 0 spiro atoms. The highest BCUT2D eigenvalue weighted by atomic mass is 79.9. The van der Waals surface area contributed by atoms with Gasteiger partial charge in [0.05, 0.1) is 9.47 Å². The second-order valence-electron chi connectivity index (χ2n) is 3.44. The second kappa shape index (κ2) is 5.35. The van der Waals surface area contributed by atoms with E-state index in [1.807, 2.05) is 12.1 Å². The van der Waals surface area contributed by atoms with Crippen molar-refractivity contribution in [1.29, 1.82) is 0 Å². The van der Waals surface area contributed by atoms with Crippen LogP contribution >= 0.6 is 27.3 Å². The van der Waals surface area contributed by atoms with Crippen molar-refractivity contribution in [3.8, 4) is 0 Å². The van der Waals surface area contributed by atoms with E-state index in [2.05, 4.69) is 25.6 Å². The predicted octanol–water partition coefficient (Wildman–Crippen LogP) is 1.97. The Morgan fingerprint density at radius 1 is 1.39 bits per heavy atom. The second-order valence-corrected chi connectivity index (χ2v) is 7.73. The molecule has 96 valence electrons. The van der Waals surface area contributed by atoms with Gasteiger partial charge in [-0.2, -0.15) is 0 Å². The molecule has 0 aliphatic heterocycles. The van der Waals surface area contributed by atoms with Gasteiger partial charge in [-0.1, -0.05) is 0 Å². The zero-order valence-corrected chi connectivity index (χ0v) is 12.3. The van der Waals surface area contributed by atoms with E-state index >= 15 is 0 Å². The van der Waals surface area contributed by atoms with E-state index in [1.54, 1.807) is 0 Å². The Morgan fingerprint density at radius 3 is 2.78 bits per heavy atom. The van der Waals surface area contributed by atoms with Crippen molar-refractivity contribution >= 4 is 43.0 Å². The van der Waals surface area contributed by atoms with Gasteiger partial charge in [-0.15, -0.1) is 11.3 Å². The molecule has 2 rings (SSSR count). The Morgan fingerprint density at radius 2 is 2.17 bits per heavy atom. The van der Waals surface area contributed by atoms with Gasteiger partial charge in [0.1, 0.15) is 4.90 Å². The lowest BCUT2D eigenvalue weighted by atomic mass is 10.4. The van der Waals surface area contributed by atoms with E-state index < -0.39 is 10.0 Å². The Kier molecular flexibility index (Phi) is 4.00. The molecule has 0 amide bonds. The summed E-state index contributed by atoms with van der Waals surface area (Å²) >= 11 is 4.79. The quantitative estimate of drug-likeness (QED) is 0.885. The Bertz CT molecular complexity index is 655. The summed E-state index contributed by atoms with van der Waals surface area (Å²) in [7, 11) is -3.63. The standard InChI is InChI=1S/C10H10BrN3O2S2/c11-10-2-1-7(17-10)5-14-18(15,16)9-6-13-4-3-8(9)12/h1-4,6,14H,5H2,(H2,12,13). The monoisotopic (exact) mass is 347 g/mol. The average molecular weight is 348 g/mol. The van der Waals surface area contributed by atoms with Crippen LogP contribution in [-0.2, 0) is 16.6 Å². The molecule has 0 aliphatic carbocycles. The van der Waals surface area contributed by atoms with Crippen LogP contribution in [0.25, 0.3) is 0 Å². The van der Waals surface area contributed by atoms with Gasteiger partial charge >= 0.3 is 0 Å². The number of aromatic nitrogens is 1. The number of hydrogen-bond acceptors (Lipinski definition) is 5. The van der Waals surface area contributed by atoms with Crippen LogP contribution in [0.3, 0.4) is 0 Å². The SMILES string of the molecule is Nc1ccncc1S(=O)(=O)NCc1ccc(Br)s1. The molecule has 2 aromatic heterocycles. The van der Waals surface area contributed by atoms with Gasteiger partial charge in [-0.3, -0.25) is 4.98 Å². The summed E-state index contributed by atoms with van der Waals surface area (Å²) in [4.78, 5) is 4.68. The number of nitrogens with two attached hydrogens (primary N) is 1. The summed E-state index contributed by atoms with van der Waals surface area (Å²) in [6.07, 6.45) is 2.69. The fourth-order valence-electron chi connectivity index (χ4n) is 1.31. The molecular formula is C10H10BrN3O2S2. The van der Waals surface area contributed by atoms with Crippen LogP contribution in [0, 0.1) is 0 Å². The number of nitrogens with zero attached hydrogens (tertiary/aromatic N) is 1. The number of pyridine rings is 1. The molecule has 0 bridgehead atoms. The van der Waals surface area contributed by atoms with Crippen LogP contribution in [0.5, 0.6) is 0 Å². The van der Waals surface area contributed by atoms with Crippen molar-refractivity contribution < 1.29 is 8.42 Å². The van der Waals surface area contributed by atoms with Gasteiger partial charge in [-0.05, 0) is 34.1 Å². The molecule has 0 radical (unpaired) electrons. The summed E-state index contributed by atoms with van der Waals surface area (Å²) in [5.41, 5.74) is 5.80. The van der Waals surface area contributed by atoms with Crippen LogP contribution in [0.2, 0.25) is 0 Å². The molecule has 0 saturated carbocycles. The van der Waals surface area contributed by atoms with Crippen LogP contribution in [0.1, 0.15) is 4.88 Å². The molecule has 2 aromatic rings. The van der Waals surface area contributed by atoms with Crippen LogP contribution in [-0.4, -0.2) is 13.4 Å². The molecule has 3 N–H and O–H groups in total. The van der Waals surface area contributed by atoms with Gasteiger partial charge < -0.3 is 5.73 Å². The minimum Gasteiger partial charge on any atom is -0.398 e. The van der Waals surface area contributed by atoms with Crippen LogP contribution < -0.4 is 10.5 Å². The van der Waals surface area contributed by atoms with Gasteiger partial charge in [0.15, 0.2) is 0 Å². The van der Waals surface area contributed by atoms with Crippen molar-refractivity contribution in [2.75, 3.05) is 5.73 Å². The first-order chi connectivity index (χ1) is 8.49. The summed E-state index contributed by atoms with van der Waals surface area (Å²) in [5.74, 6) is 0. The molecule has 8 heteroatoms. The maximum atomic E-state index is 12.0. The van der Waals surface area contributed by atoms with Crippen LogP contribution in [0.15, 0.2) is 39.3 Å². The highest BCUT2D eigenvalue weighted by Crippen LogP contribution is 2.22. The van der Waals surface area contributed by atoms with Crippen molar-refractivity contribution in [2.45, 2.75) is 11.4 Å². The Hall–Kier alpha value is -0.960. The molecular weight excluding hydrogens is 338 g/mol. The Labute approximate surface area is 117 Å². The number of halogens is 1. The molecule has 2 heterocycles. The van der Waals surface area contributed by atoms with Crippen molar-refractivity contribution in [2.24, 2.45) is 0 Å². The third-order valence-corrected chi connectivity index (χ3v) is 5.24. The normalized spacial score (nSPS) is 11.6. The third kappa shape index (κ3) is 3.08. The number of rotatable bonds is 4. The molecule has 0 unspecified atom stereocenters. The van der Waals surface area contributed by atoms with Crippen LogP contribution in [0.4, 0.5) is 5.69 Å². The van der Waals surface area contributed by atoms with Crippen molar-refractivity contribution in [3.63, 3.8) is 0 Å². The predicted molar refractivity (Wildman–Crippen MR) is 74.7 cm³/mol. The Balaban J connectivity index is 2.16. The van der Waals surface area contributed by atoms with Crippen molar-refractivity contribution in [1.82, 2.24) is 9.71 Å². The summed E-state index contributed by atoms with van der Waals surface area (Å²) in [6, 6.07) is 5.17. The largest absolute Gasteiger partial charge is 0.398 e. The minimum absolute atomic E-state index is 0.000576. The number of nitrogens with one attached hydrogen (secondary N) is 1. The first-order valence-corrected chi connectivity index (χ1v) is 8.02. The summed E-state index contributed by atoms with van der Waals surface area (Å²) in [5, 5.41) is 0. The van der Waals surface area contributed by atoms with Crippen molar-refractivity contribution in [3.05, 3.63) is 39.3 Å². The summed E-state index contributed by atoms with van der Waals surface area (Å²) in [6.45, 7) is 0.229. The molecule has 18 heavy (non-hydrogen) atoms. The molecule has 0 fully saturated rings. The number of anilines is 1. The summed E-state index contributed by atoms with van der Waals surface area (Å²) < 4.78 is 27.4. The highest BCUT2D eigenvalue weighted by molar-refractivity contribution is 9.11. The molecule has 0 atom stereocenters. The third-order valence-electron chi connectivity index (χ3n) is 2.17. The molecule has 0 aliphatic rings. The fraction of sp³-hybridized carbons (Fsp3) is 0.100. The maximum absolute atomic E-state index is 12.0. The topological polar surface area (TPSA) is 85.1 Å². The van der Waals surface area contributed by atoms with E-state index in [0.29, 0.717) is 0 Å². The number of nitrogen functional groups attached to an aromatic ring is 1. The number of thiophene rings is 1. The van der Waals surface area contributed by atoms with E-state index in [9.17, 15) is 8.42 Å². The number of hydrogen-bond donors (Lipinski definition) is 2. The van der Waals surface area contributed by atoms with Gasteiger partial charge in [-0.25, -0.2) is 13.1 Å². The first kappa shape index (κ1) is 13.5. The molecule has 0 saturated heterocycles. The van der Waals surface area contributed by atoms with E-state index in [-0.39, 0.29) is 17.1 Å². The lowest BCUT2D eigenvalue weighted by Crippen LogP contribution is -2.23. The maximum Gasteiger partial charge on any atom is 0.244 e. The molecule has 0 aromatic carbocycles. The van der Waals surface area contributed by atoms with Gasteiger partial charge in [0.2, 0.25) is 10.0 Å². The highest BCUT2D eigenvalue weighted by Gasteiger charge is 2.17. The number of sulfonamides is 1. The molecule has 5 nitrogen and oxygen atoms in total. The smallest absolute Gasteiger partial charge is 0.244 e. The van der Waals surface area contributed by atoms with Gasteiger partial charge in [0.25, 0.3) is 0 Å². The minimum atomic E-state index is -3.63. The zero-order valence-electron chi connectivity index (χ0n) is 9.13. The first-order valence-electron chi connectivity index (χ1n) is 4.92. The fourth-order valence-corrected chi connectivity index (χ4v) is 3.90. The lowest BCUT2D eigenvalue weighted by molar-refractivity contribution is 0.582. The van der Waals surface area contributed by atoms with E-state index in [1.165, 1.54) is 29.8 Å².